The molecule has 3 fully saturated rings. The lowest BCUT2D eigenvalue weighted by atomic mass is 9.72. The van der Waals surface area contributed by atoms with E-state index < -0.39 is 11.7 Å². The second-order valence-corrected chi connectivity index (χ2v) is 11.0. The first-order valence-electron chi connectivity index (χ1n) is 13.8. The van der Waals surface area contributed by atoms with Gasteiger partial charge in [0, 0.05) is 6.54 Å². The molecule has 0 spiro atoms. The van der Waals surface area contributed by atoms with Crippen LogP contribution in [-0.4, -0.2) is 57.0 Å². The van der Waals surface area contributed by atoms with E-state index in [1.807, 2.05) is 48.5 Å². The number of fused-ring (bicyclic) bond motifs is 3. The van der Waals surface area contributed by atoms with Crippen molar-refractivity contribution < 1.29 is 28.5 Å². The molecule has 0 radical (unpaired) electrons. The number of hydrogen-bond acceptors (Lipinski definition) is 7. The summed E-state index contributed by atoms with van der Waals surface area (Å²) in [6.07, 6.45) is 3.10. The van der Waals surface area contributed by atoms with Crippen LogP contribution in [0.4, 0.5) is 0 Å². The van der Waals surface area contributed by atoms with Crippen molar-refractivity contribution in [1.29, 1.82) is 0 Å². The molecule has 0 aliphatic carbocycles. The lowest BCUT2D eigenvalue weighted by Gasteiger charge is -2.48. The number of piperidine rings is 3. The predicted octanol–water partition coefficient (Wildman–Crippen LogP) is 5.30. The summed E-state index contributed by atoms with van der Waals surface area (Å²) in [4.78, 5) is 28.7. The maximum absolute atomic E-state index is 13.3. The van der Waals surface area contributed by atoms with E-state index in [0.29, 0.717) is 12.3 Å². The Kier molecular flexibility index (Phi) is 9.00. The van der Waals surface area contributed by atoms with Crippen molar-refractivity contribution in [2.24, 2.45) is 5.41 Å². The van der Waals surface area contributed by atoms with Crippen molar-refractivity contribution >= 4 is 23.3 Å². The summed E-state index contributed by atoms with van der Waals surface area (Å²) >= 11 is 6.75. The number of nitrogens with one attached hydrogen (secondary N) is 1. The van der Waals surface area contributed by atoms with E-state index in [1.54, 1.807) is 20.3 Å². The minimum atomic E-state index is -0.698. The van der Waals surface area contributed by atoms with Gasteiger partial charge in [-0.25, -0.2) is 0 Å². The van der Waals surface area contributed by atoms with Crippen molar-refractivity contribution in [1.82, 2.24) is 10.2 Å². The van der Waals surface area contributed by atoms with Crippen molar-refractivity contribution in [2.45, 2.75) is 32.5 Å². The van der Waals surface area contributed by atoms with Gasteiger partial charge in [-0.3, -0.25) is 9.59 Å². The average molecular weight is 579 g/mol. The number of amides is 1. The fraction of sp³-hybridized carbons (Fsp3) is 0.375. The molecular weight excluding hydrogens is 544 g/mol. The number of methoxy groups -OCH3 is 2. The Morgan fingerprint density at radius 2 is 1.34 bits per heavy atom. The predicted molar refractivity (Wildman–Crippen MR) is 156 cm³/mol. The van der Waals surface area contributed by atoms with Gasteiger partial charge in [0.05, 0.1) is 24.8 Å². The summed E-state index contributed by atoms with van der Waals surface area (Å²) in [6, 6.07) is 18.1. The van der Waals surface area contributed by atoms with Crippen LogP contribution in [0, 0.1) is 5.41 Å². The van der Waals surface area contributed by atoms with Crippen LogP contribution >= 0.6 is 11.6 Å². The monoisotopic (exact) mass is 578 g/mol. The van der Waals surface area contributed by atoms with Crippen LogP contribution in [-0.2, 0) is 18.0 Å². The van der Waals surface area contributed by atoms with E-state index in [9.17, 15) is 9.59 Å². The fourth-order valence-corrected chi connectivity index (χ4v) is 5.65. The number of benzene rings is 3. The first kappa shape index (κ1) is 28.8. The summed E-state index contributed by atoms with van der Waals surface area (Å²) in [5.74, 6) is 0.678. The van der Waals surface area contributed by atoms with Gasteiger partial charge in [0.25, 0.3) is 11.7 Å². The Balaban J connectivity index is 1.33. The number of Topliss-reactive ketones (excluding diaryl/α,β-unsaturated/α-hetero) is 1. The topological polar surface area (TPSA) is 86.3 Å². The molecule has 216 valence electrons. The van der Waals surface area contributed by atoms with Crippen molar-refractivity contribution in [3.05, 3.63) is 82.4 Å². The number of nitrogens with zero attached hydrogens (tertiary/aromatic N) is 1. The molecule has 3 aliphatic heterocycles. The lowest BCUT2D eigenvalue weighted by Crippen LogP contribution is -2.53. The van der Waals surface area contributed by atoms with Crippen molar-refractivity contribution in [3.8, 4) is 23.0 Å². The Morgan fingerprint density at radius 3 is 1.88 bits per heavy atom. The van der Waals surface area contributed by atoms with Gasteiger partial charge in [0.2, 0.25) is 0 Å². The molecule has 1 amide bonds. The highest BCUT2D eigenvalue weighted by molar-refractivity contribution is 6.47. The maximum Gasteiger partial charge on any atom is 0.292 e. The molecule has 1 N–H and O–H groups in total. The van der Waals surface area contributed by atoms with Gasteiger partial charge in [0.15, 0.2) is 11.5 Å². The molecule has 3 heterocycles. The molecule has 3 saturated heterocycles. The number of halogens is 1. The van der Waals surface area contributed by atoms with Gasteiger partial charge in [-0.1, -0.05) is 35.9 Å². The van der Waals surface area contributed by atoms with Crippen LogP contribution in [0.2, 0.25) is 5.02 Å². The van der Waals surface area contributed by atoms with Gasteiger partial charge in [-0.05, 0) is 91.8 Å². The molecule has 3 aliphatic rings. The quantitative estimate of drug-likeness (QED) is 0.230. The molecule has 3 aromatic carbocycles. The van der Waals surface area contributed by atoms with E-state index in [2.05, 4.69) is 10.2 Å². The van der Waals surface area contributed by atoms with Gasteiger partial charge in [0.1, 0.15) is 24.7 Å². The Labute approximate surface area is 245 Å². The molecular formula is C32H35ClN2O6. The largest absolute Gasteiger partial charge is 0.497 e. The number of hydrogen-bond donors (Lipinski definition) is 1. The molecule has 6 rings (SSSR count). The third-order valence-electron chi connectivity index (χ3n) is 8.11. The van der Waals surface area contributed by atoms with E-state index in [-0.39, 0.29) is 35.0 Å². The third kappa shape index (κ3) is 6.77. The molecule has 0 aromatic heterocycles. The number of ketones is 1. The second kappa shape index (κ2) is 12.8. The van der Waals surface area contributed by atoms with Crippen LogP contribution in [0.1, 0.15) is 40.7 Å². The van der Waals surface area contributed by atoms with Crippen molar-refractivity contribution in [2.75, 3.05) is 40.4 Å². The minimum Gasteiger partial charge on any atom is -0.497 e. The first-order chi connectivity index (χ1) is 19.9. The van der Waals surface area contributed by atoms with Crippen LogP contribution in [0.25, 0.3) is 0 Å². The SMILES string of the molecule is COc1ccc(COc2ccc(C(=O)C(=O)NCC34CCN(CC3)CC4)c(Cl)c2OCc2ccc(OC)cc2)cc1. The summed E-state index contributed by atoms with van der Waals surface area (Å²) in [6.45, 7) is 4.04. The van der Waals surface area contributed by atoms with Gasteiger partial charge in [-0.2, -0.15) is 0 Å². The average Bonchev–Trinajstić information content (AvgIpc) is 3.03. The van der Waals surface area contributed by atoms with E-state index in [0.717, 1.165) is 61.5 Å². The van der Waals surface area contributed by atoms with Crippen LogP contribution in [0.3, 0.4) is 0 Å². The molecule has 0 atom stereocenters. The zero-order valence-electron chi connectivity index (χ0n) is 23.4. The molecule has 0 saturated carbocycles. The number of rotatable bonds is 12. The van der Waals surface area contributed by atoms with Crippen molar-refractivity contribution in [3.63, 3.8) is 0 Å². The maximum atomic E-state index is 13.3. The standard InChI is InChI=1S/C32H35ClN2O6/c1-38-24-7-3-22(4-8-24)19-40-27-12-11-26(28(33)30(27)41-20-23-5-9-25(39-2)10-6-23)29(36)31(37)34-21-32-13-16-35(17-14-32)18-15-32/h3-12H,13-21H2,1-2H3,(H,34,37). The molecule has 2 bridgehead atoms. The third-order valence-corrected chi connectivity index (χ3v) is 8.48. The zero-order chi connectivity index (χ0) is 28.8. The highest BCUT2D eigenvalue weighted by Crippen LogP contribution is 2.40. The van der Waals surface area contributed by atoms with Gasteiger partial charge < -0.3 is 29.2 Å². The Hall–Kier alpha value is -3.75. The second-order valence-electron chi connectivity index (χ2n) is 10.6. The smallest absolute Gasteiger partial charge is 0.292 e. The highest BCUT2D eigenvalue weighted by Gasteiger charge is 2.39. The van der Waals surface area contributed by atoms with Crippen LogP contribution in [0.5, 0.6) is 23.0 Å². The molecule has 0 unspecified atom stereocenters. The van der Waals surface area contributed by atoms with E-state index in [1.165, 1.54) is 6.07 Å². The number of ether oxygens (including phenoxy) is 4. The van der Waals surface area contributed by atoms with E-state index >= 15 is 0 Å². The Bertz CT molecular complexity index is 1350. The highest BCUT2D eigenvalue weighted by atomic mass is 35.5. The minimum absolute atomic E-state index is 0.0371. The molecule has 41 heavy (non-hydrogen) atoms. The zero-order valence-corrected chi connectivity index (χ0v) is 24.2. The van der Waals surface area contributed by atoms with Crippen LogP contribution in [0.15, 0.2) is 60.7 Å². The molecule has 9 heteroatoms. The van der Waals surface area contributed by atoms with Crippen LogP contribution < -0.4 is 24.3 Å². The summed E-state index contributed by atoms with van der Waals surface area (Å²) in [5, 5.41) is 2.93. The van der Waals surface area contributed by atoms with Gasteiger partial charge >= 0.3 is 0 Å². The summed E-state index contributed by atoms with van der Waals surface area (Å²) in [5.41, 5.74) is 1.92. The molecule has 8 nitrogen and oxygen atoms in total. The lowest BCUT2D eigenvalue weighted by molar-refractivity contribution is -0.118. The normalized spacial score (nSPS) is 19.3. The molecule has 3 aromatic rings. The fourth-order valence-electron chi connectivity index (χ4n) is 5.35. The Morgan fingerprint density at radius 1 is 0.805 bits per heavy atom. The summed E-state index contributed by atoms with van der Waals surface area (Å²) < 4.78 is 22.6. The van der Waals surface area contributed by atoms with Gasteiger partial charge in [-0.15, -0.1) is 0 Å². The summed E-state index contributed by atoms with van der Waals surface area (Å²) in [7, 11) is 3.22. The number of carbonyl (C=O) groups is 2. The first-order valence-corrected chi connectivity index (χ1v) is 14.2. The number of carbonyl (C=O) groups excluding carboxylic acids is 2. The van der Waals surface area contributed by atoms with E-state index in [4.69, 9.17) is 30.5 Å².